The Labute approximate surface area is 179 Å². The molecule has 0 bridgehead atoms. The summed E-state index contributed by atoms with van der Waals surface area (Å²) in [5.41, 5.74) is 4.04. The van der Waals surface area contributed by atoms with Crippen LogP contribution in [-0.2, 0) is 27.0 Å². The lowest BCUT2D eigenvalue weighted by molar-refractivity contribution is -0.137. The topological polar surface area (TPSA) is 98.1 Å². The minimum Gasteiger partial charge on any atom is -0.385 e. The predicted octanol–water partition coefficient (Wildman–Crippen LogP) is 2.48. The average molecular weight is 466 g/mol. The van der Waals surface area contributed by atoms with Gasteiger partial charge in [-0.2, -0.15) is 13.2 Å². The second-order valence-electron chi connectivity index (χ2n) is 5.90. The summed E-state index contributed by atoms with van der Waals surface area (Å²) in [7, 11) is 1.55. The van der Waals surface area contributed by atoms with E-state index in [1.165, 1.54) is 12.1 Å². The van der Waals surface area contributed by atoms with Crippen LogP contribution in [0.3, 0.4) is 0 Å². The van der Waals surface area contributed by atoms with Gasteiger partial charge in [0.1, 0.15) is 5.88 Å². The van der Waals surface area contributed by atoms with Crippen LogP contribution in [0.1, 0.15) is 12.0 Å². The first kappa shape index (κ1) is 24.0. The second kappa shape index (κ2) is 11.2. The molecule has 2 amide bonds. The smallest absolute Gasteiger partial charge is 0.385 e. The summed E-state index contributed by atoms with van der Waals surface area (Å²) in [6.45, 7) is 0.893. The maximum atomic E-state index is 12.8. The third-order valence-electron chi connectivity index (χ3n) is 3.71. The van der Waals surface area contributed by atoms with Crippen LogP contribution in [0.2, 0.25) is 0 Å². The van der Waals surface area contributed by atoms with Crippen molar-refractivity contribution in [2.24, 2.45) is 0 Å². The Hall–Kier alpha value is -2.31. The number of ether oxygens (including phenoxy) is 1. The molecule has 0 saturated carbocycles. The molecule has 1 aromatic carbocycles. The molecule has 0 atom stereocenters. The first-order valence-corrected chi connectivity index (χ1v) is 10.1. The fourth-order valence-corrected chi connectivity index (χ4v) is 3.16. The minimum atomic E-state index is -4.43. The number of nitrogens with one attached hydrogen (secondary N) is 2. The molecule has 1 heterocycles. The maximum absolute atomic E-state index is 12.8. The summed E-state index contributed by atoms with van der Waals surface area (Å²) in [6, 6.07) is 4.59. The van der Waals surface area contributed by atoms with Crippen LogP contribution < -0.4 is 10.9 Å². The van der Waals surface area contributed by atoms with Crippen LogP contribution in [0, 0.1) is 0 Å². The van der Waals surface area contributed by atoms with Crippen molar-refractivity contribution in [3.05, 3.63) is 29.8 Å². The molecule has 164 valence electrons. The van der Waals surface area contributed by atoms with Crippen molar-refractivity contribution >= 4 is 35.2 Å². The number of halogens is 4. The average Bonchev–Trinajstić information content (AvgIpc) is 3.12. The van der Waals surface area contributed by atoms with Crippen LogP contribution in [0.25, 0.3) is 11.4 Å². The summed E-state index contributed by atoms with van der Waals surface area (Å²) in [5.74, 6) is -1.03. The highest BCUT2D eigenvalue weighted by Crippen LogP contribution is 2.31. The summed E-state index contributed by atoms with van der Waals surface area (Å²) >= 11 is 6.39. The van der Waals surface area contributed by atoms with Crippen molar-refractivity contribution < 1.29 is 27.5 Å². The molecule has 2 aromatic rings. The molecule has 0 spiro atoms. The van der Waals surface area contributed by atoms with Crippen LogP contribution in [0.5, 0.6) is 0 Å². The van der Waals surface area contributed by atoms with E-state index >= 15 is 0 Å². The van der Waals surface area contributed by atoms with E-state index in [1.807, 2.05) is 0 Å². The molecular weight excluding hydrogens is 447 g/mol. The van der Waals surface area contributed by atoms with E-state index in [4.69, 9.17) is 16.3 Å². The molecule has 0 radical (unpaired) electrons. The molecule has 0 aliphatic heterocycles. The van der Waals surface area contributed by atoms with E-state index in [1.54, 1.807) is 11.7 Å². The Morgan fingerprint density at radius 3 is 2.43 bits per heavy atom. The van der Waals surface area contributed by atoms with Gasteiger partial charge in [0.15, 0.2) is 11.0 Å². The van der Waals surface area contributed by atoms with Crippen LogP contribution in [-0.4, -0.2) is 51.9 Å². The summed E-state index contributed by atoms with van der Waals surface area (Å²) in [6.07, 6.45) is -3.83. The highest BCUT2D eigenvalue weighted by molar-refractivity contribution is 7.99. The van der Waals surface area contributed by atoms with Gasteiger partial charge in [-0.3, -0.25) is 20.4 Å². The SMILES string of the molecule is COCCCn1c(SCC(=O)NNC(=O)CCl)nnc1-c1ccc(C(F)(F)F)cc1. The van der Waals surface area contributed by atoms with Gasteiger partial charge >= 0.3 is 6.18 Å². The van der Waals surface area contributed by atoms with Gasteiger partial charge in [-0.1, -0.05) is 23.9 Å². The highest BCUT2D eigenvalue weighted by atomic mass is 35.5. The number of carbonyl (C=O) groups is 2. The Morgan fingerprint density at radius 1 is 1.17 bits per heavy atom. The van der Waals surface area contributed by atoms with Crippen molar-refractivity contribution in [3.63, 3.8) is 0 Å². The van der Waals surface area contributed by atoms with Crippen LogP contribution in [0.15, 0.2) is 29.4 Å². The molecule has 0 unspecified atom stereocenters. The maximum Gasteiger partial charge on any atom is 0.416 e. The number of carbonyl (C=O) groups excluding carboxylic acids is 2. The van der Waals surface area contributed by atoms with E-state index in [2.05, 4.69) is 21.0 Å². The number of nitrogens with zero attached hydrogens (tertiary/aromatic N) is 3. The van der Waals surface area contributed by atoms with E-state index in [9.17, 15) is 22.8 Å². The quantitative estimate of drug-likeness (QED) is 0.255. The lowest BCUT2D eigenvalue weighted by Gasteiger charge is -2.11. The second-order valence-corrected chi connectivity index (χ2v) is 7.11. The first-order valence-electron chi connectivity index (χ1n) is 8.62. The van der Waals surface area contributed by atoms with Gasteiger partial charge in [-0.05, 0) is 18.6 Å². The van der Waals surface area contributed by atoms with E-state index in [0.29, 0.717) is 36.1 Å². The van der Waals surface area contributed by atoms with Gasteiger partial charge in [0, 0.05) is 25.8 Å². The van der Waals surface area contributed by atoms with Gasteiger partial charge < -0.3 is 9.30 Å². The number of thioether (sulfide) groups is 1. The third kappa shape index (κ3) is 6.89. The molecule has 0 aliphatic carbocycles. The number of alkyl halides is 4. The van der Waals surface area contributed by atoms with Gasteiger partial charge in [0.25, 0.3) is 5.91 Å². The predicted molar refractivity (Wildman–Crippen MR) is 105 cm³/mol. The number of hydrazine groups is 1. The molecule has 1 aromatic heterocycles. The van der Waals surface area contributed by atoms with Crippen molar-refractivity contribution in [2.45, 2.75) is 24.3 Å². The number of benzene rings is 1. The number of methoxy groups -OCH3 is 1. The fraction of sp³-hybridized carbons (Fsp3) is 0.412. The first-order chi connectivity index (χ1) is 14.3. The lowest BCUT2D eigenvalue weighted by atomic mass is 10.1. The molecule has 8 nitrogen and oxygen atoms in total. The van der Waals surface area contributed by atoms with Crippen LogP contribution >= 0.6 is 23.4 Å². The van der Waals surface area contributed by atoms with Crippen molar-refractivity contribution in [1.29, 1.82) is 0 Å². The zero-order valence-corrected chi connectivity index (χ0v) is 17.4. The van der Waals surface area contributed by atoms with E-state index < -0.39 is 23.6 Å². The molecular formula is C17H19ClF3N5O3S. The fourth-order valence-electron chi connectivity index (χ4n) is 2.32. The number of rotatable bonds is 9. The molecule has 0 aliphatic rings. The van der Waals surface area contributed by atoms with Gasteiger partial charge in [0.2, 0.25) is 5.91 Å². The zero-order chi connectivity index (χ0) is 22.1. The van der Waals surface area contributed by atoms with Gasteiger partial charge in [-0.15, -0.1) is 21.8 Å². The number of aromatic nitrogens is 3. The molecule has 2 rings (SSSR count). The summed E-state index contributed by atoms with van der Waals surface area (Å²) < 4.78 is 45.1. The molecule has 0 saturated heterocycles. The lowest BCUT2D eigenvalue weighted by Crippen LogP contribution is -2.43. The standard InChI is InChI=1S/C17H19ClF3N5O3S/c1-29-8-2-7-26-15(11-3-5-12(6-4-11)17(19,20)21)24-25-16(26)30-10-14(28)23-22-13(27)9-18/h3-6H,2,7-10H2,1H3,(H,22,27)(H,23,28). The van der Waals surface area contributed by atoms with Crippen molar-refractivity contribution in [1.82, 2.24) is 25.6 Å². The highest BCUT2D eigenvalue weighted by Gasteiger charge is 2.30. The van der Waals surface area contributed by atoms with E-state index in [-0.39, 0.29) is 11.6 Å². The molecule has 30 heavy (non-hydrogen) atoms. The monoisotopic (exact) mass is 465 g/mol. The molecule has 2 N–H and O–H groups in total. The summed E-state index contributed by atoms with van der Waals surface area (Å²) in [5, 5.41) is 8.53. The molecule has 13 heteroatoms. The third-order valence-corrected chi connectivity index (χ3v) is 4.92. The normalized spacial score (nSPS) is 11.4. The minimum absolute atomic E-state index is 0.0714. The Morgan fingerprint density at radius 2 is 1.83 bits per heavy atom. The Bertz CT molecular complexity index is 861. The molecule has 0 fully saturated rings. The Kier molecular flexibility index (Phi) is 8.93. The number of hydrogen-bond donors (Lipinski definition) is 2. The Balaban J connectivity index is 2.16. The number of amides is 2. The van der Waals surface area contributed by atoms with Crippen molar-refractivity contribution in [3.8, 4) is 11.4 Å². The van der Waals surface area contributed by atoms with Gasteiger partial charge in [0.05, 0.1) is 11.3 Å². The number of hydrogen-bond acceptors (Lipinski definition) is 6. The largest absolute Gasteiger partial charge is 0.416 e. The van der Waals surface area contributed by atoms with E-state index in [0.717, 1.165) is 23.9 Å². The summed E-state index contributed by atoms with van der Waals surface area (Å²) in [4.78, 5) is 22.9. The zero-order valence-electron chi connectivity index (χ0n) is 15.8. The van der Waals surface area contributed by atoms with Crippen LogP contribution in [0.4, 0.5) is 13.2 Å². The van der Waals surface area contributed by atoms with Gasteiger partial charge in [-0.25, -0.2) is 0 Å². The van der Waals surface area contributed by atoms with Crippen molar-refractivity contribution in [2.75, 3.05) is 25.3 Å².